The molecule has 2 aromatic rings. The first-order valence-electron chi connectivity index (χ1n) is 7.94. The second-order valence-electron chi connectivity index (χ2n) is 5.87. The molecule has 0 amide bonds. The summed E-state index contributed by atoms with van der Waals surface area (Å²) in [7, 11) is 1.63. The van der Waals surface area contributed by atoms with Crippen LogP contribution in [0.25, 0.3) is 11.1 Å². The molecule has 1 aliphatic heterocycles. The number of hydrogen-bond donors (Lipinski definition) is 0. The first-order valence-corrected chi connectivity index (χ1v) is 7.94. The van der Waals surface area contributed by atoms with Crippen LogP contribution in [0.1, 0.15) is 18.4 Å². The van der Waals surface area contributed by atoms with Crippen molar-refractivity contribution in [2.75, 3.05) is 20.3 Å². The first-order chi connectivity index (χ1) is 11.3. The van der Waals surface area contributed by atoms with Crippen molar-refractivity contribution in [3.63, 3.8) is 0 Å². The zero-order chi connectivity index (χ0) is 16.1. The van der Waals surface area contributed by atoms with E-state index in [0.29, 0.717) is 12.3 Å². The van der Waals surface area contributed by atoms with Gasteiger partial charge in [-0.25, -0.2) is 0 Å². The smallest absolute Gasteiger partial charge is 0.123 e. The van der Waals surface area contributed by atoms with Crippen LogP contribution in [0.2, 0.25) is 0 Å². The predicted octanol–water partition coefficient (Wildman–Crippen LogP) is 3.05. The summed E-state index contributed by atoms with van der Waals surface area (Å²) < 4.78 is 12.8. The van der Waals surface area contributed by atoms with E-state index >= 15 is 0 Å². The average molecular weight is 311 g/mol. The summed E-state index contributed by atoms with van der Waals surface area (Å²) in [5.74, 6) is 1.39. The van der Waals surface area contributed by atoms with Crippen molar-refractivity contribution in [2.24, 2.45) is 5.92 Å². The summed E-state index contributed by atoms with van der Waals surface area (Å²) in [4.78, 5) is 0. The van der Waals surface area contributed by atoms with E-state index in [1.807, 2.05) is 29.1 Å². The maximum absolute atomic E-state index is 8.86. The predicted molar refractivity (Wildman–Crippen MR) is 87.1 cm³/mol. The van der Waals surface area contributed by atoms with Gasteiger partial charge in [-0.1, -0.05) is 12.1 Å². The van der Waals surface area contributed by atoms with E-state index < -0.39 is 0 Å². The van der Waals surface area contributed by atoms with Crippen LogP contribution in [0.4, 0.5) is 0 Å². The maximum atomic E-state index is 8.86. The molecule has 5 nitrogen and oxygen atoms in total. The molecular weight excluding hydrogens is 290 g/mol. The lowest BCUT2D eigenvalue weighted by atomic mass is 10.0. The van der Waals surface area contributed by atoms with Crippen LogP contribution >= 0.6 is 0 Å². The van der Waals surface area contributed by atoms with Crippen LogP contribution in [0, 0.1) is 17.2 Å². The molecule has 3 rings (SSSR count). The highest BCUT2D eigenvalue weighted by atomic mass is 16.5. The Morgan fingerprint density at radius 3 is 2.91 bits per heavy atom. The van der Waals surface area contributed by atoms with Crippen molar-refractivity contribution in [1.82, 2.24) is 9.78 Å². The highest BCUT2D eigenvalue weighted by Gasteiger charge is 2.15. The van der Waals surface area contributed by atoms with Crippen molar-refractivity contribution >= 4 is 0 Å². The molecule has 1 saturated heterocycles. The van der Waals surface area contributed by atoms with Gasteiger partial charge in [0.05, 0.1) is 25.8 Å². The quantitative estimate of drug-likeness (QED) is 0.851. The van der Waals surface area contributed by atoms with Gasteiger partial charge in [0.15, 0.2) is 0 Å². The molecule has 0 bridgehead atoms. The van der Waals surface area contributed by atoms with Crippen molar-refractivity contribution < 1.29 is 9.47 Å². The number of aromatic nitrogens is 2. The monoisotopic (exact) mass is 311 g/mol. The highest BCUT2D eigenvalue weighted by molar-refractivity contribution is 5.65. The van der Waals surface area contributed by atoms with E-state index in [-0.39, 0.29) is 0 Å². The van der Waals surface area contributed by atoms with Crippen molar-refractivity contribution in [1.29, 1.82) is 5.26 Å². The molecule has 0 radical (unpaired) electrons. The van der Waals surface area contributed by atoms with Gasteiger partial charge < -0.3 is 9.47 Å². The van der Waals surface area contributed by atoms with E-state index in [1.165, 1.54) is 0 Å². The van der Waals surface area contributed by atoms with E-state index in [2.05, 4.69) is 17.4 Å². The van der Waals surface area contributed by atoms with Crippen molar-refractivity contribution in [2.45, 2.75) is 25.8 Å². The van der Waals surface area contributed by atoms with Gasteiger partial charge in [0.1, 0.15) is 5.75 Å². The van der Waals surface area contributed by atoms with Crippen LogP contribution in [-0.2, 0) is 17.7 Å². The standard InChI is InChI=1S/C18H21N3O2/c1-22-18-10-16(3-2-15(18)4-7-19)17-11-20-21(13-17)12-14-5-8-23-9-6-14/h2-3,10-11,13-14H,4-6,8-9,12H2,1H3. The molecule has 0 saturated carbocycles. The second-order valence-corrected chi connectivity index (χ2v) is 5.87. The van der Waals surface area contributed by atoms with Crippen LogP contribution in [-0.4, -0.2) is 30.1 Å². The van der Waals surface area contributed by atoms with Gasteiger partial charge in [-0.15, -0.1) is 0 Å². The Morgan fingerprint density at radius 2 is 2.17 bits per heavy atom. The average Bonchev–Trinajstić information content (AvgIpc) is 3.05. The number of benzene rings is 1. The van der Waals surface area contributed by atoms with Crippen LogP contribution in [0.5, 0.6) is 5.75 Å². The molecule has 23 heavy (non-hydrogen) atoms. The molecule has 5 heteroatoms. The summed E-state index contributed by atoms with van der Waals surface area (Å²) in [6.07, 6.45) is 6.52. The van der Waals surface area contributed by atoms with Crippen molar-refractivity contribution in [3.8, 4) is 22.9 Å². The normalized spacial score (nSPS) is 15.3. The minimum absolute atomic E-state index is 0.354. The third-order valence-electron chi connectivity index (χ3n) is 4.31. The third-order valence-corrected chi connectivity index (χ3v) is 4.31. The second kappa shape index (κ2) is 7.30. The largest absolute Gasteiger partial charge is 0.496 e. The Bertz CT molecular complexity index is 697. The molecule has 120 valence electrons. The number of methoxy groups -OCH3 is 1. The van der Waals surface area contributed by atoms with Gasteiger partial charge >= 0.3 is 0 Å². The fourth-order valence-corrected chi connectivity index (χ4v) is 2.96. The fourth-order valence-electron chi connectivity index (χ4n) is 2.96. The maximum Gasteiger partial charge on any atom is 0.123 e. The molecule has 1 aromatic heterocycles. The molecule has 0 atom stereocenters. The van der Waals surface area contributed by atoms with Crippen LogP contribution in [0.3, 0.4) is 0 Å². The summed E-state index contributed by atoms with van der Waals surface area (Å²) >= 11 is 0. The Hall–Kier alpha value is -2.32. The van der Waals surface area contributed by atoms with Gasteiger partial charge in [-0.3, -0.25) is 4.68 Å². The van der Waals surface area contributed by atoms with Crippen molar-refractivity contribution in [3.05, 3.63) is 36.2 Å². The van der Waals surface area contributed by atoms with Gasteiger partial charge in [-0.05, 0) is 30.4 Å². The molecule has 0 spiro atoms. The minimum atomic E-state index is 0.354. The lowest BCUT2D eigenvalue weighted by Crippen LogP contribution is -2.20. The summed E-state index contributed by atoms with van der Waals surface area (Å²) in [6.45, 7) is 2.65. The zero-order valence-corrected chi connectivity index (χ0v) is 13.4. The van der Waals surface area contributed by atoms with E-state index in [0.717, 1.165) is 55.0 Å². The number of hydrogen-bond acceptors (Lipinski definition) is 4. The number of nitriles is 1. The fraction of sp³-hybridized carbons (Fsp3) is 0.444. The topological polar surface area (TPSA) is 60.1 Å². The summed E-state index contributed by atoms with van der Waals surface area (Å²) in [6, 6.07) is 8.11. The molecule has 0 aliphatic carbocycles. The van der Waals surface area contributed by atoms with Gasteiger partial charge in [0, 0.05) is 37.1 Å². The highest BCUT2D eigenvalue weighted by Crippen LogP contribution is 2.28. The van der Waals surface area contributed by atoms with Gasteiger partial charge in [0.2, 0.25) is 0 Å². The molecule has 2 heterocycles. The zero-order valence-electron chi connectivity index (χ0n) is 13.4. The third kappa shape index (κ3) is 3.72. The SMILES string of the molecule is COc1cc(-c2cnn(CC3CCOCC3)c2)ccc1CC#N. The summed E-state index contributed by atoms with van der Waals surface area (Å²) in [5, 5.41) is 13.3. The van der Waals surface area contributed by atoms with Crippen LogP contribution < -0.4 is 4.74 Å². The first kappa shape index (κ1) is 15.6. The molecule has 0 N–H and O–H groups in total. The van der Waals surface area contributed by atoms with Gasteiger partial charge in [-0.2, -0.15) is 10.4 Å². The minimum Gasteiger partial charge on any atom is -0.496 e. The number of ether oxygens (including phenoxy) is 2. The Balaban J connectivity index is 1.75. The van der Waals surface area contributed by atoms with Gasteiger partial charge in [0.25, 0.3) is 0 Å². The Morgan fingerprint density at radius 1 is 1.35 bits per heavy atom. The van der Waals surface area contributed by atoms with Crippen LogP contribution in [0.15, 0.2) is 30.6 Å². The lowest BCUT2D eigenvalue weighted by Gasteiger charge is -2.21. The molecular formula is C18H21N3O2. The van der Waals surface area contributed by atoms with E-state index in [4.69, 9.17) is 14.7 Å². The number of rotatable bonds is 5. The molecule has 0 unspecified atom stereocenters. The molecule has 1 aromatic carbocycles. The molecule has 1 fully saturated rings. The molecule has 1 aliphatic rings. The Labute approximate surface area is 136 Å². The number of nitrogens with zero attached hydrogens (tertiary/aromatic N) is 3. The van der Waals surface area contributed by atoms with E-state index in [1.54, 1.807) is 7.11 Å². The lowest BCUT2D eigenvalue weighted by molar-refractivity contribution is 0.0601. The van der Waals surface area contributed by atoms with E-state index in [9.17, 15) is 0 Å². The summed E-state index contributed by atoms with van der Waals surface area (Å²) in [5.41, 5.74) is 3.04. The Kier molecular flexibility index (Phi) is 4.94.